The maximum Gasteiger partial charge on any atom is 0.165 e. The summed E-state index contributed by atoms with van der Waals surface area (Å²) in [5.41, 5.74) is 3.50. The highest BCUT2D eigenvalue weighted by Gasteiger charge is 2.63. The van der Waals surface area contributed by atoms with Crippen LogP contribution in [0.5, 0.6) is 0 Å². The second-order valence-electron chi connectivity index (χ2n) is 8.28. The van der Waals surface area contributed by atoms with Crippen molar-refractivity contribution in [1.29, 1.82) is 0 Å². The molecule has 1 aromatic rings. The van der Waals surface area contributed by atoms with Crippen molar-refractivity contribution in [2.75, 3.05) is 13.1 Å². The Morgan fingerprint density at radius 3 is 2.20 bits per heavy atom. The fourth-order valence-electron chi connectivity index (χ4n) is 4.70. The van der Waals surface area contributed by atoms with Crippen LogP contribution in [0.15, 0.2) is 29.8 Å². The standard InChI is InChI=1S/C22H31NO.ClH/c1-6-23(7-2)15-17-10-8-16(9-11-17)14-18-19-12-13-22(5,20(18)24)21(19,3)4;/h8-11,14,19H,6-7,12-13,15H2,1-5H3;1H/b18-14+;. The fraction of sp³-hybridized carbons (Fsp3) is 0.591. The van der Waals surface area contributed by atoms with Gasteiger partial charge in [-0.1, -0.05) is 58.9 Å². The predicted octanol–water partition coefficient (Wildman–Crippen LogP) is 5.36. The zero-order valence-corrected chi connectivity index (χ0v) is 17.1. The predicted molar refractivity (Wildman–Crippen MR) is 108 cm³/mol. The molecule has 0 aromatic heterocycles. The largest absolute Gasteiger partial charge is 0.300 e. The third kappa shape index (κ3) is 3.19. The number of benzene rings is 1. The summed E-state index contributed by atoms with van der Waals surface area (Å²) in [7, 11) is 0. The summed E-state index contributed by atoms with van der Waals surface area (Å²) in [5.74, 6) is 0.807. The van der Waals surface area contributed by atoms with Gasteiger partial charge in [0.25, 0.3) is 0 Å². The lowest BCUT2D eigenvalue weighted by atomic mass is 9.70. The quantitative estimate of drug-likeness (QED) is 0.658. The molecule has 0 radical (unpaired) electrons. The van der Waals surface area contributed by atoms with Gasteiger partial charge in [0, 0.05) is 12.0 Å². The smallest absolute Gasteiger partial charge is 0.165 e. The van der Waals surface area contributed by atoms with E-state index in [-0.39, 0.29) is 23.2 Å². The van der Waals surface area contributed by atoms with Gasteiger partial charge < -0.3 is 0 Å². The maximum atomic E-state index is 12.9. The van der Waals surface area contributed by atoms with E-state index in [0.29, 0.717) is 11.7 Å². The number of carbonyl (C=O) groups excluding carboxylic acids is 1. The molecular weight excluding hydrogens is 330 g/mol. The number of halogens is 1. The van der Waals surface area contributed by atoms with Crippen molar-refractivity contribution in [3.05, 3.63) is 41.0 Å². The van der Waals surface area contributed by atoms with E-state index in [1.54, 1.807) is 0 Å². The number of carbonyl (C=O) groups is 1. The minimum absolute atomic E-state index is 0. The van der Waals surface area contributed by atoms with E-state index >= 15 is 0 Å². The number of hydrogen-bond donors (Lipinski definition) is 0. The monoisotopic (exact) mass is 361 g/mol. The van der Waals surface area contributed by atoms with E-state index in [0.717, 1.165) is 43.6 Å². The van der Waals surface area contributed by atoms with Crippen molar-refractivity contribution >= 4 is 24.3 Å². The first-order chi connectivity index (χ1) is 11.3. The summed E-state index contributed by atoms with van der Waals surface area (Å²) >= 11 is 0. The number of hydrogen-bond acceptors (Lipinski definition) is 2. The molecule has 2 bridgehead atoms. The van der Waals surface area contributed by atoms with Gasteiger partial charge >= 0.3 is 0 Å². The molecule has 2 nitrogen and oxygen atoms in total. The molecule has 2 unspecified atom stereocenters. The van der Waals surface area contributed by atoms with Crippen molar-refractivity contribution in [2.45, 2.75) is 54.0 Å². The van der Waals surface area contributed by atoms with Gasteiger partial charge in [-0.25, -0.2) is 0 Å². The van der Waals surface area contributed by atoms with Crippen LogP contribution in [0.3, 0.4) is 0 Å². The molecule has 0 amide bonds. The molecule has 0 heterocycles. The second-order valence-corrected chi connectivity index (χ2v) is 8.28. The van der Waals surface area contributed by atoms with E-state index in [1.165, 1.54) is 5.56 Å². The lowest BCUT2D eigenvalue weighted by Crippen LogP contribution is -2.32. The first-order valence-corrected chi connectivity index (χ1v) is 9.41. The fourth-order valence-corrected chi connectivity index (χ4v) is 4.70. The molecular formula is C22H32ClNO. The van der Waals surface area contributed by atoms with Crippen molar-refractivity contribution in [1.82, 2.24) is 4.90 Å². The van der Waals surface area contributed by atoms with Gasteiger partial charge in [0.05, 0.1) is 0 Å². The van der Waals surface area contributed by atoms with Crippen LogP contribution in [0.25, 0.3) is 6.08 Å². The Balaban J connectivity index is 0.00000225. The Kier molecular flexibility index (Phi) is 5.85. The molecule has 0 N–H and O–H groups in total. The number of Topliss-reactive ketones (excluding diaryl/α,β-unsaturated/α-hetero) is 1. The molecule has 3 heteroatoms. The topological polar surface area (TPSA) is 20.3 Å². The number of ketones is 1. The van der Waals surface area contributed by atoms with Crippen LogP contribution in [-0.4, -0.2) is 23.8 Å². The summed E-state index contributed by atoms with van der Waals surface area (Å²) in [6, 6.07) is 8.74. The zero-order valence-electron chi connectivity index (χ0n) is 16.3. The third-order valence-corrected chi connectivity index (χ3v) is 6.97. The first kappa shape index (κ1) is 20.2. The van der Waals surface area contributed by atoms with Crippen molar-refractivity contribution in [2.24, 2.45) is 16.7 Å². The molecule has 2 saturated carbocycles. The average molecular weight is 362 g/mol. The molecule has 2 aliphatic rings. The highest BCUT2D eigenvalue weighted by molar-refractivity contribution is 6.07. The van der Waals surface area contributed by atoms with Gasteiger partial charge in [-0.15, -0.1) is 12.4 Å². The van der Waals surface area contributed by atoms with Gasteiger partial charge in [0.15, 0.2) is 5.78 Å². The number of nitrogens with zero attached hydrogens (tertiary/aromatic N) is 1. The van der Waals surface area contributed by atoms with Crippen LogP contribution in [0.1, 0.15) is 58.6 Å². The molecule has 1 aromatic carbocycles. The van der Waals surface area contributed by atoms with Crippen LogP contribution in [0.4, 0.5) is 0 Å². The summed E-state index contributed by atoms with van der Waals surface area (Å²) in [4.78, 5) is 15.3. The summed E-state index contributed by atoms with van der Waals surface area (Å²) in [6.45, 7) is 14.3. The first-order valence-electron chi connectivity index (χ1n) is 9.41. The summed E-state index contributed by atoms with van der Waals surface area (Å²) < 4.78 is 0. The van der Waals surface area contributed by atoms with Crippen LogP contribution < -0.4 is 0 Å². The molecule has 0 saturated heterocycles. The average Bonchev–Trinajstić information content (AvgIpc) is 2.88. The van der Waals surface area contributed by atoms with Gasteiger partial charge in [-0.3, -0.25) is 9.69 Å². The van der Waals surface area contributed by atoms with Crippen molar-refractivity contribution < 1.29 is 4.79 Å². The molecule has 2 fully saturated rings. The van der Waals surface area contributed by atoms with Crippen LogP contribution in [0, 0.1) is 16.7 Å². The minimum Gasteiger partial charge on any atom is -0.300 e. The Labute approximate surface area is 159 Å². The summed E-state index contributed by atoms with van der Waals surface area (Å²) in [6.07, 6.45) is 4.35. The Morgan fingerprint density at radius 1 is 1.12 bits per heavy atom. The van der Waals surface area contributed by atoms with E-state index in [4.69, 9.17) is 0 Å². The lowest BCUT2D eigenvalue weighted by Gasteiger charge is -2.31. The van der Waals surface area contributed by atoms with Gasteiger partial charge in [0.2, 0.25) is 0 Å². The molecule has 0 aliphatic heterocycles. The molecule has 138 valence electrons. The second kappa shape index (κ2) is 7.25. The number of fused-ring (bicyclic) bond motifs is 2. The van der Waals surface area contributed by atoms with Gasteiger partial charge in [0.1, 0.15) is 0 Å². The van der Waals surface area contributed by atoms with Gasteiger partial charge in [-0.05, 0) is 60.0 Å². The Morgan fingerprint density at radius 2 is 1.72 bits per heavy atom. The minimum atomic E-state index is -0.161. The van der Waals surface area contributed by atoms with Crippen molar-refractivity contribution in [3.8, 4) is 0 Å². The summed E-state index contributed by atoms with van der Waals surface area (Å²) in [5, 5.41) is 0. The number of allylic oxidation sites excluding steroid dienone is 1. The highest BCUT2D eigenvalue weighted by Crippen LogP contribution is 2.65. The molecule has 2 aliphatic carbocycles. The molecule has 25 heavy (non-hydrogen) atoms. The van der Waals surface area contributed by atoms with Crippen LogP contribution in [0.2, 0.25) is 0 Å². The number of rotatable bonds is 5. The van der Waals surface area contributed by atoms with E-state index in [9.17, 15) is 4.79 Å². The maximum absolute atomic E-state index is 12.9. The molecule has 2 atom stereocenters. The van der Waals surface area contributed by atoms with Crippen molar-refractivity contribution in [3.63, 3.8) is 0 Å². The van der Waals surface area contributed by atoms with Crippen LogP contribution >= 0.6 is 12.4 Å². The third-order valence-electron chi connectivity index (χ3n) is 6.97. The van der Waals surface area contributed by atoms with Crippen LogP contribution in [-0.2, 0) is 11.3 Å². The highest BCUT2D eigenvalue weighted by atomic mass is 35.5. The zero-order chi connectivity index (χ0) is 17.5. The normalized spacial score (nSPS) is 28.6. The Hall–Kier alpha value is -1.12. The molecule has 0 spiro atoms. The SMILES string of the molecule is CCN(CC)Cc1ccc(/C=C2/C(=O)C3(C)CCC2C3(C)C)cc1.Cl. The van der Waals surface area contributed by atoms with E-state index in [1.807, 2.05) is 0 Å². The van der Waals surface area contributed by atoms with E-state index < -0.39 is 0 Å². The Bertz CT molecular complexity index is 657. The van der Waals surface area contributed by atoms with Gasteiger partial charge in [-0.2, -0.15) is 0 Å². The molecule has 3 rings (SSSR count). The van der Waals surface area contributed by atoms with E-state index in [2.05, 4.69) is 69.9 Å². The lowest BCUT2D eigenvalue weighted by molar-refractivity contribution is -0.125.